The Morgan fingerprint density at radius 1 is 1.17 bits per heavy atom. The number of carbonyl (C=O) groups excluding carboxylic acids is 3. The number of carbonyl (C=O) groups is 3. The van der Waals surface area contributed by atoms with Crippen molar-refractivity contribution in [2.45, 2.75) is 55.3 Å². The number of amides is 2. The van der Waals surface area contributed by atoms with Gasteiger partial charge in [0.2, 0.25) is 11.8 Å². The van der Waals surface area contributed by atoms with Crippen molar-refractivity contribution < 1.29 is 24.2 Å². The second-order valence-electron chi connectivity index (χ2n) is 10.2. The van der Waals surface area contributed by atoms with E-state index in [4.69, 9.17) is 4.74 Å². The summed E-state index contributed by atoms with van der Waals surface area (Å²) in [5, 5.41) is 10.2. The number of esters is 1. The van der Waals surface area contributed by atoms with E-state index in [1.54, 1.807) is 9.80 Å². The van der Waals surface area contributed by atoms with Crippen LogP contribution in [0.5, 0.6) is 0 Å². The molecule has 0 aliphatic carbocycles. The van der Waals surface area contributed by atoms with Crippen LogP contribution in [-0.2, 0) is 25.7 Å². The van der Waals surface area contributed by atoms with Crippen LogP contribution in [0.1, 0.15) is 32.3 Å². The Kier molecular flexibility index (Phi) is 7.01. The van der Waals surface area contributed by atoms with Crippen LogP contribution in [0.4, 0.5) is 0 Å². The van der Waals surface area contributed by atoms with Crippen LogP contribution in [0.2, 0.25) is 0 Å². The van der Waals surface area contributed by atoms with E-state index in [1.807, 2.05) is 68.5 Å². The second kappa shape index (κ2) is 10.1. The van der Waals surface area contributed by atoms with Crippen molar-refractivity contribution in [3.05, 3.63) is 60.2 Å². The maximum Gasteiger partial charge on any atom is 0.311 e. The normalized spacial score (nSPS) is 33.2. The van der Waals surface area contributed by atoms with Gasteiger partial charge in [-0.2, -0.15) is 0 Å². The maximum atomic E-state index is 14.3. The topological polar surface area (TPSA) is 87.2 Å². The number of aliphatic hydroxyl groups excluding tert-OH is 1. The summed E-state index contributed by atoms with van der Waals surface area (Å²) in [6, 6.07) is 8.49. The van der Waals surface area contributed by atoms with Gasteiger partial charge in [-0.1, -0.05) is 74.9 Å². The molecule has 1 aromatic carbocycles. The van der Waals surface area contributed by atoms with E-state index in [-0.39, 0.29) is 42.2 Å². The molecule has 36 heavy (non-hydrogen) atoms. The minimum atomic E-state index is -0.899. The van der Waals surface area contributed by atoms with Gasteiger partial charge in [0.05, 0.1) is 35.8 Å². The molecule has 2 amide bonds. The van der Waals surface area contributed by atoms with E-state index < -0.39 is 28.7 Å². The monoisotopic (exact) mass is 510 g/mol. The largest absolute Gasteiger partial charge is 0.465 e. The quantitative estimate of drug-likeness (QED) is 0.468. The van der Waals surface area contributed by atoms with Gasteiger partial charge in [0.25, 0.3) is 0 Å². The highest BCUT2D eigenvalue weighted by Crippen LogP contribution is 2.61. The average Bonchev–Trinajstić information content (AvgIpc) is 3.26. The fraction of sp³-hybridized carbons (Fsp3) is 0.536. The van der Waals surface area contributed by atoms with Crippen molar-refractivity contribution >= 4 is 29.5 Å². The molecule has 0 bridgehead atoms. The lowest BCUT2D eigenvalue weighted by molar-refractivity contribution is -0.154. The lowest BCUT2D eigenvalue weighted by atomic mass is 9.78. The number of thioether (sulfide) groups is 1. The van der Waals surface area contributed by atoms with E-state index in [9.17, 15) is 19.5 Å². The Labute approximate surface area is 216 Å². The van der Waals surface area contributed by atoms with Crippen molar-refractivity contribution in [2.24, 2.45) is 17.8 Å². The number of likely N-dealkylation sites (tertiary alicyclic amines) is 1. The molecule has 5 rings (SSSR count). The first-order valence-corrected chi connectivity index (χ1v) is 13.8. The van der Waals surface area contributed by atoms with Crippen molar-refractivity contribution in [1.29, 1.82) is 0 Å². The van der Waals surface area contributed by atoms with Crippen LogP contribution >= 0.6 is 11.8 Å². The first-order valence-electron chi connectivity index (χ1n) is 12.9. The molecule has 1 N–H and O–H groups in total. The Bertz CT molecular complexity index is 1070. The molecule has 7 atom stereocenters. The molecule has 0 saturated carbocycles. The van der Waals surface area contributed by atoms with Gasteiger partial charge in [-0.15, -0.1) is 11.8 Å². The first kappa shape index (κ1) is 25.1. The molecule has 4 aliphatic heterocycles. The highest BCUT2D eigenvalue weighted by atomic mass is 32.2. The summed E-state index contributed by atoms with van der Waals surface area (Å²) in [6.07, 6.45) is 9.39. The van der Waals surface area contributed by atoms with Gasteiger partial charge < -0.3 is 19.6 Å². The van der Waals surface area contributed by atoms with Crippen LogP contribution in [0.25, 0.3) is 0 Å². The fourth-order valence-corrected chi connectivity index (χ4v) is 8.20. The summed E-state index contributed by atoms with van der Waals surface area (Å²) < 4.78 is 4.64. The number of nitrogens with zero attached hydrogens (tertiary/aromatic N) is 2. The van der Waals surface area contributed by atoms with E-state index >= 15 is 0 Å². The Morgan fingerprint density at radius 2 is 1.94 bits per heavy atom. The van der Waals surface area contributed by atoms with Gasteiger partial charge in [0.1, 0.15) is 6.04 Å². The van der Waals surface area contributed by atoms with E-state index in [0.717, 1.165) is 12.0 Å². The lowest BCUT2D eigenvalue weighted by Gasteiger charge is -2.40. The van der Waals surface area contributed by atoms with Crippen molar-refractivity contribution in [2.75, 3.05) is 19.8 Å². The van der Waals surface area contributed by atoms with E-state index in [1.165, 1.54) is 11.8 Å². The lowest BCUT2D eigenvalue weighted by Crippen LogP contribution is -2.57. The van der Waals surface area contributed by atoms with Gasteiger partial charge in [0, 0.05) is 18.3 Å². The molecular formula is C28H34N2O5S. The Hall–Kier alpha value is -2.58. The first-order chi connectivity index (χ1) is 17.4. The molecule has 7 nitrogen and oxygen atoms in total. The summed E-state index contributed by atoms with van der Waals surface area (Å²) in [4.78, 5) is 45.2. The van der Waals surface area contributed by atoms with Crippen LogP contribution < -0.4 is 0 Å². The van der Waals surface area contributed by atoms with Crippen molar-refractivity contribution in [3.63, 3.8) is 0 Å². The summed E-state index contributed by atoms with van der Waals surface area (Å²) in [5.41, 5.74) is 1.01. The Balaban J connectivity index is 1.61. The molecule has 2 fully saturated rings. The molecule has 1 aromatic rings. The SMILES string of the molecule is CC[C@H](C)[C@H](CO)N1C(=O)[C@@H]2[C@H]3C(=O)OCCC=C[C@H]3S[C@@]23C=CCN(Cc2ccccc2)C(=O)C13. The zero-order chi connectivity index (χ0) is 25.4. The van der Waals surface area contributed by atoms with Crippen LogP contribution in [0.3, 0.4) is 0 Å². The molecule has 0 aromatic heterocycles. The van der Waals surface area contributed by atoms with Gasteiger partial charge >= 0.3 is 5.97 Å². The van der Waals surface area contributed by atoms with Gasteiger partial charge in [-0.25, -0.2) is 0 Å². The molecule has 4 heterocycles. The third kappa shape index (κ3) is 3.98. The predicted molar refractivity (Wildman–Crippen MR) is 138 cm³/mol. The van der Waals surface area contributed by atoms with Crippen molar-refractivity contribution in [1.82, 2.24) is 9.80 Å². The summed E-state index contributed by atoms with van der Waals surface area (Å²) >= 11 is 1.54. The molecule has 192 valence electrons. The molecule has 8 heteroatoms. The minimum absolute atomic E-state index is 0.0117. The maximum absolute atomic E-state index is 14.3. The molecule has 1 unspecified atom stereocenters. The van der Waals surface area contributed by atoms with E-state index in [2.05, 4.69) is 0 Å². The average molecular weight is 511 g/mol. The summed E-state index contributed by atoms with van der Waals surface area (Å²) in [5.74, 6) is -2.14. The zero-order valence-corrected chi connectivity index (χ0v) is 21.6. The highest BCUT2D eigenvalue weighted by molar-refractivity contribution is 8.02. The number of ether oxygens (including phenoxy) is 1. The smallest absolute Gasteiger partial charge is 0.311 e. The van der Waals surface area contributed by atoms with Gasteiger partial charge in [0.15, 0.2) is 0 Å². The minimum Gasteiger partial charge on any atom is -0.465 e. The number of cyclic esters (lactones) is 1. The van der Waals surface area contributed by atoms with Crippen LogP contribution in [0.15, 0.2) is 54.6 Å². The third-order valence-electron chi connectivity index (χ3n) is 8.20. The number of hydrogen-bond donors (Lipinski definition) is 1. The number of fused-ring (bicyclic) bond motifs is 2. The number of aliphatic hydroxyl groups is 1. The summed E-state index contributed by atoms with van der Waals surface area (Å²) in [7, 11) is 0. The van der Waals surface area contributed by atoms with Crippen LogP contribution in [-0.4, -0.2) is 74.5 Å². The molecule has 2 saturated heterocycles. The molecule has 0 radical (unpaired) electrons. The number of rotatable bonds is 6. The van der Waals surface area contributed by atoms with Crippen molar-refractivity contribution in [3.8, 4) is 0 Å². The molecule has 4 aliphatic rings. The fourth-order valence-electron chi connectivity index (χ4n) is 6.21. The van der Waals surface area contributed by atoms with Gasteiger partial charge in [-0.3, -0.25) is 14.4 Å². The Morgan fingerprint density at radius 3 is 2.67 bits per heavy atom. The summed E-state index contributed by atoms with van der Waals surface area (Å²) in [6.45, 7) is 4.91. The van der Waals surface area contributed by atoms with Gasteiger partial charge in [-0.05, 0) is 17.9 Å². The standard InChI is InChI=1S/C28H34N2O5S/c1-3-18(2)20(17-31)30-24-26(33)29(16-19-10-5-4-6-11-19)14-9-13-28(24)23(25(30)32)22-21(36-28)12-7-8-15-35-27(22)34/h4-7,9-13,18,20-24,31H,3,8,14-17H2,1-2H3/t18-,20-,21+,22-,23-,24?,28-/m0/s1. The second-order valence-corrected chi connectivity index (χ2v) is 11.7. The molecular weight excluding hydrogens is 476 g/mol. The predicted octanol–water partition coefficient (Wildman–Crippen LogP) is 2.79. The van der Waals surface area contributed by atoms with Crippen LogP contribution in [0, 0.1) is 17.8 Å². The highest BCUT2D eigenvalue weighted by Gasteiger charge is 2.71. The zero-order valence-electron chi connectivity index (χ0n) is 20.8. The molecule has 1 spiro atoms. The number of benzene rings is 1. The number of hydrogen-bond acceptors (Lipinski definition) is 6. The van der Waals surface area contributed by atoms with E-state index in [0.29, 0.717) is 19.5 Å². The third-order valence-corrected chi connectivity index (χ3v) is 9.95.